The Balaban J connectivity index is 1.35. The molecule has 3 aliphatic heterocycles. The lowest BCUT2D eigenvalue weighted by molar-refractivity contribution is -0.127. The third-order valence-electron chi connectivity index (χ3n) is 6.82. The van der Waals surface area contributed by atoms with E-state index in [4.69, 9.17) is 4.99 Å². The van der Waals surface area contributed by atoms with Gasteiger partial charge in [-0.25, -0.2) is 14.2 Å². The summed E-state index contributed by atoms with van der Waals surface area (Å²) in [5.74, 6) is 0.229. The lowest BCUT2D eigenvalue weighted by atomic mass is 10.1. The van der Waals surface area contributed by atoms with E-state index in [0.29, 0.717) is 31.7 Å². The van der Waals surface area contributed by atoms with E-state index in [0.717, 1.165) is 24.6 Å². The number of halogens is 1. The monoisotopic (exact) mass is 464 g/mol. The van der Waals surface area contributed by atoms with Gasteiger partial charge in [-0.15, -0.1) is 0 Å². The molecule has 0 saturated carbocycles. The van der Waals surface area contributed by atoms with Crippen molar-refractivity contribution in [2.24, 2.45) is 4.99 Å². The second-order valence-corrected chi connectivity index (χ2v) is 9.16. The molecule has 0 radical (unpaired) electrons. The van der Waals surface area contributed by atoms with Gasteiger partial charge in [0, 0.05) is 51.9 Å². The van der Waals surface area contributed by atoms with Gasteiger partial charge in [0.15, 0.2) is 18.2 Å². The third kappa shape index (κ3) is 4.23. The summed E-state index contributed by atoms with van der Waals surface area (Å²) in [5.41, 5.74) is 2.94. The average Bonchev–Trinajstić information content (AvgIpc) is 3.21. The minimum absolute atomic E-state index is 0.183. The van der Waals surface area contributed by atoms with Gasteiger partial charge in [0.05, 0.1) is 0 Å². The molecule has 3 heterocycles. The van der Waals surface area contributed by atoms with Crippen LogP contribution < -0.4 is 5.32 Å². The number of imide groups is 1. The van der Waals surface area contributed by atoms with Crippen molar-refractivity contribution in [3.05, 3.63) is 71.0 Å². The Morgan fingerprint density at radius 1 is 1.00 bits per heavy atom. The number of urea groups is 1. The van der Waals surface area contributed by atoms with Crippen molar-refractivity contribution in [1.29, 1.82) is 0 Å². The van der Waals surface area contributed by atoms with E-state index >= 15 is 0 Å². The Morgan fingerprint density at radius 2 is 1.71 bits per heavy atom. The van der Waals surface area contributed by atoms with Crippen LogP contribution in [0.1, 0.15) is 16.7 Å². The Bertz CT molecular complexity index is 1110. The summed E-state index contributed by atoms with van der Waals surface area (Å²) in [4.78, 5) is 37.9. The highest BCUT2D eigenvalue weighted by molar-refractivity contribution is 6.03. The Morgan fingerprint density at radius 3 is 2.41 bits per heavy atom. The van der Waals surface area contributed by atoms with E-state index in [1.165, 1.54) is 16.5 Å². The third-order valence-corrected chi connectivity index (χ3v) is 6.82. The first-order valence-corrected chi connectivity index (χ1v) is 11.6. The SMILES string of the molecule is Cc1ccc(CN2C(N3CCN(Cc4ccccc4F)CC3)=NC3C2C(=O)NC(=O)N3C)cc1. The Hall–Kier alpha value is -3.46. The molecule has 2 unspecified atom stereocenters. The Labute approximate surface area is 198 Å². The first kappa shape index (κ1) is 22.3. The molecule has 9 heteroatoms. The second kappa shape index (κ2) is 9.06. The number of nitrogens with one attached hydrogen (secondary N) is 1. The summed E-state index contributed by atoms with van der Waals surface area (Å²) in [6.07, 6.45) is -0.557. The summed E-state index contributed by atoms with van der Waals surface area (Å²) < 4.78 is 14.1. The minimum atomic E-state index is -0.574. The molecule has 2 aromatic rings. The topological polar surface area (TPSA) is 71.5 Å². The maximum Gasteiger partial charge on any atom is 0.325 e. The smallest absolute Gasteiger partial charge is 0.325 e. The highest BCUT2D eigenvalue weighted by atomic mass is 19.1. The van der Waals surface area contributed by atoms with E-state index in [9.17, 15) is 14.0 Å². The molecule has 0 aliphatic carbocycles. The summed E-state index contributed by atoms with van der Waals surface area (Å²) >= 11 is 0. The molecule has 2 fully saturated rings. The van der Waals surface area contributed by atoms with Crippen LogP contribution in [0.5, 0.6) is 0 Å². The number of aliphatic imine (C=N–C) groups is 1. The number of fused-ring (bicyclic) bond motifs is 1. The first-order chi connectivity index (χ1) is 16.4. The van der Waals surface area contributed by atoms with Crippen molar-refractivity contribution in [2.75, 3.05) is 33.2 Å². The van der Waals surface area contributed by atoms with Gasteiger partial charge in [-0.2, -0.15) is 0 Å². The van der Waals surface area contributed by atoms with E-state index in [2.05, 4.69) is 39.4 Å². The molecule has 3 amide bonds. The molecule has 8 nitrogen and oxygen atoms in total. The Kier molecular flexibility index (Phi) is 5.95. The number of hydrogen-bond acceptors (Lipinski definition) is 6. The molecule has 1 N–H and O–H groups in total. The van der Waals surface area contributed by atoms with Crippen LogP contribution in [0.2, 0.25) is 0 Å². The standard InChI is InChI=1S/C25H29FN6O2/c1-17-7-9-18(10-8-17)15-32-21-22(29(2)25(34)28-23(21)33)27-24(32)31-13-11-30(12-14-31)16-19-5-3-4-6-20(19)26/h3-10,21-22H,11-16H2,1-2H3,(H,28,33,34). The zero-order valence-electron chi connectivity index (χ0n) is 19.4. The van der Waals surface area contributed by atoms with E-state index < -0.39 is 18.2 Å². The summed E-state index contributed by atoms with van der Waals surface area (Å²) in [6, 6.07) is 14.1. The zero-order valence-corrected chi connectivity index (χ0v) is 19.4. The number of nitrogens with zero attached hydrogens (tertiary/aromatic N) is 5. The number of carbonyl (C=O) groups excluding carboxylic acids is 2. The molecule has 5 rings (SSSR count). The fourth-order valence-corrected chi connectivity index (χ4v) is 4.81. The summed E-state index contributed by atoms with van der Waals surface area (Å²) in [7, 11) is 1.67. The van der Waals surface area contributed by atoms with Crippen LogP contribution in [0.3, 0.4) is 0 Å². The van der Waals surface area contributed by atoms with Crippen LogP contribution >= 0.6 is 0 Å². The normalized spacial score (nSPS) is 23.1. The highest BCUT2D eigenvalue weighted by Crippen LogP contribution is 2.28. The van der Waals surface area contributed by atoms with Crippen LogP contribution in [0.25, 0.3) is 0 Å². The fraction of sp³-hybridized carbons (Fsp3) is 0.400. The molecular formula is C25H29FN6O2. The van der Waals surface area contributed by atoms with Crippen molar-refractivity contribution in [1.82, 2.24) is 24.9 Å². The second-order valence-electron chi connectivity index (χ2n) is 9.16. The molecular weight excluding hydrogens is 435 g/mol. The van der Waals surface area contributed by atoms with Crippen LogP contribution in [0.4, 0.5) is 9.18 Å². The molecule has 0 spiro atoms. The molecule has 0 bridgehead atoms. The molecule has 2 aromatic carbocycles. The van der Waals surface area contributed by atoms with Crippen LogP contribution in [0, 0.1) is 12.7 Å². The van der Waals surface area contributed by atoms with Crippen molar-refractivity contribution in [2.45, 2.75) is 32.2 Å². The number of carbonyl (C=O) groups is 2. The number of benzene rings is 2. The molecule has 2 saturated heterocycles. The predicted octanol–water partition coefficient (Wildman–Crippen LogP) is 2.00. The molecule has 2 atom stereocenters. The van der Waals surface area contributed by atoms with Crippen molar-refractivity contribution in [3.63, 3.8) is 0 Å². The number of hydrogen-bond donors (Lipinski definition) is 1. The van der Waals surface area contributed by atoms with E-state index in [-0.39, 0.29) is 11.7 Å². The maximum absolute atomic E-state index is 14.1. The van der Waals surface area contributed by atoms with Gasteiger partial charge in [-0.1, -0.05) is 48.0 Å². The quantitative estimate of drug-likeness (QED) is 0.750. The van der Waals surface area contributed by atoms with Gasteiger partial charge in [0.2, 0.25) is 0 Å². The lowest BCUT2D eigenvalue weighted by Crippen LogP contribution is -2.64. The average molecular weight is 465 g/mol. The van der Waals surface area contributed by atoms with E-state index in [1.54, 1.807) is 13.1 Å². The molecule has 0 aromatic heterocycles. The number of aryl methyl sites for hydroxylation is 1. The molecule has 3 aliphatic rings. The fourth-order valence-electron chi connectivity index (χ4n) is 4.81. The number of amides is 3. The summed E-state index contributed by atoms with van der Waals surface area (Å²) in [5, 5.41) is 2.46. The van der Waals surface area contributed by atoms with Crippen LogP contribution in [-0.4, -0.2) is 82.9 Å². The van der Waals surface area contributed by atoms with Crippen LogP contribution in [0.15, 0.2) is 53.5 Å². The minimum Gasteiger partial charge on any atom is -0.340 e. The number of likely N-dealkylation sites (N-methyl/N-ethyl adjacent to an activating group) is 1. The largest absolute Gasteiger partial charge is 0.340 e. The maximum atomic E-state index is 14.1. The van der Waals surface area contributed by atoms with Gasteiger partial charge in [-0.3, -0.25) is 15.0 Å². The van der Waals surface area contributed by atoms with Gasteiger partial charge in [0.25, 0.3) is 5.91 Å². The summed E-state index contributed by atoms with van der Waals surface area (Å²) in [6.45, 7) is 6.03. The van der Waals surface area contributed by atoms with Gasteiger partial charge in [-0.05, 0) is 18.6 Å². The van der Waals surface area contributed by atoms with Crippen LogP contribution in [-0.2, 0) is 17.9 Å². The number of guanidine groups is 1. The van der Waals surface area contributed by atoms with Gasteiger partial charge in [0.1, 0.15) is 5.82 Å². The van der Waals surface area contributed by atoms with Crippen molar-refractivity contribution in [3.8, 4) is 0 Å². The van der Waals surface area contributed by atoms with Crippen molar-refractivity contribution < 1.29 is 14.0 Å². The highest BCUT2D eigenvalue weighted by Gasteiger charge is 2.49. The molecule has 178 valence electrons. The molecule has 34 heavy (non-hydrogen) atoms. The van der Waals surface area contributed by atoms with Crippen molar-refractivity contribution >= 4 is 17.9 Å². The number of rotatable bonds is 4. The zero-order chi connectivity index (χ0) is 23.8. The number of piperazine rings is 1. The van der Waals surface area contributed by atoms with Gasteiger partial charge < -0.3 is 14.7 Å². The predicted molar refractivity (Wildman–Crippen MR) is 126 cm³/mol. The van der Waals surface area contributed by atoms with E-state index in [1.807, 2.05) is 24.0 Å². The van der Waals surface area contributed by atoms with Gasteiger partial charge >= 0.3 is 6.03 Å². The first-order valence-electron chi connectivity index (χ1n) is 11.6. The lowest BCUT2D eigenvalue weighted by Gasteiger charge is -2.40.